The summed E-state index contributed by atoms with van der Waals surface area (Å²) in [6.45, 7) is 7.38. The maximum atomic E-state index is 13.2. The van der Waals surface area contributed by atoms with E-state index in [0.29, 0.717) is 25.6 Å². The van der Waals surface area contributed by atoms with Crippen LogP contribution in [0.1, 0.15) is 77.2 Å². The molecule has 2 aliphatic heterocycles. The number of urea groups is 1. The van der Waals surface area contributed by atoms with Crippen molar-refractivity contribution in [2.75, 3.05) is 26.7 Å². The zero-order valence-corrected chi connectivity index (χ0v) is 21.2. The largest absolute Gasteiger partial charge is 0.444 e. The number of nitrogens with zero attached hydrogens (tertiary/aromatic N) is 2. The molecule has 2 saturated heterocycles. The Hall–Kier alpha value is -2.28. The summed E-state index contributed by atoms with van der Waals surface area (Å²) in [7, 11) is 1.81. The maximum Gasteiger partial charge on any atom is 0.410 e. The van der Waals surface area contributed by atoms with Crippen LogP contribution in [0.5, 0.6) is 0 Å². The Balaban J connectivity index is 1.44. The summed E-state index contributed by atoms with van der Waals surface area (Å²) < 4.78 is 12.2. The fourth-order valence-electron chi connectivity index (χ4n) is 5.77. The van der Waals surface area contributed by atoms with E-state index in [1.54, 1.807) is 4.90 Å². The molecule has 1 spiro atoms. The summed E-state index contributed by atoms with van der Waals surface area (Å²) in [6.07, 6.45) is 6.60. The van der Waals surface area contributed by atoms with E-state index < -0.39 is 11.1 Å². The summed E-state index contributed by atoms with van der Waals surface area (Å²) in [5.41, 5.74) is 0.371. The van der Waals surface area contributed by atoms with E-state index in [9.17, 15) is 9.59 Å². The molecule has 188 valence electrons. The highest BCUT2D eigenvalue weighted by atomic mass is 16.6. The van der Waals surface area contributed by atoms with Crippen molar-refractivity contribution in [3.05, 3.63) is 35.9 Å². The molecular weight excluding hydrogens is 430 g/mol. The van der Waals surface area contributed by atoms with Crippen LogP contribution >= 0.6 is 0 Å². The number of nitrogens with one attached hydrogen (secondary N) is 1. The van der Waals surface area contributed by atoms with Crippen LogP contribution in [0.15, 0.2) is 30.3 Å². The molecule has 0 bridgehead atoms. The van der Waals surface area contributed by atoms with Crippen molar-refractivity contribution in [1.29, 1.82) is 0 Å². The van der Waals surface area contributed by atoms with Crippen LogP contribution in [-0.2, 0) is 9.47 Å². The quantitative estimate of drug-likeness (QED) is 0.677. The first kappa shape index (κ1) is 24.8. The average Bonchev–Trinajstić information content (AvgIpc) is 2.80. The molecule has 34 heavy (non-hydrogen) atoms. The number of piperidine rings is 1. The number of carbonyl (C=O) groups excluding carboxylic acids is 2. The second-order valence-electron chi connectivity index (χ2n) is 11.3. The number of hydrogen-bond acceptors (Lipinski definition) is 4. The van der Waals surface area contributed by atoms with Crippen LogP contribution in [0.4, 0.5) is 9.59 Å². The summed E-state index contributed by atoms with van der Waals surface area (Å²) in [5, 5.41) is 3.25. The van der Waals surface area contributed by atoms with Gasteiger partial charge in [0.05, 0.1) is 24.3 Å². The highest BCUT2D eigenvalue weighted by Gasteiger charge is 2.50. The predicted molar refractivity (Wildman–Crippen MR) is 132 cm³/mol. The van der Waals surface area contributed by atoms with Gasteiger partial charge in [-0.05, 0) is 77.2 Å². The van der Waals surface area contributed by atoms with Gasteiger partial charge in [-0.1, -0.05) is 30.3 Å². The normalized spacial score (nSPS) is 30.2. The van der Waals surface area contributed by atoms with Gasteiger partial charge in [0.2, 0.25) is 0 Å². The number of rotatable bonds is 4. The van der Waals surface area contributed by atoms with Gasteiger partial charge in [0, 0.05) is 20.1 Å². The monoisotopic (exact) mass is 471 g/mol. The van der Waals surface area contributed by atoms with Crippen LogP contribution in [0, 0.1) is 0 Å². The standard InChI is InChI=1S/C27H41N3O4/c1-26(2,3)34-25(32)30-17-8-15-27(16-18-29(4)24(31)28-27)23(30)19-33-22-13-11-21(12-14-22)20-9-6-5-7-10-20/h5-7,9-10,21-23H,8,11-19H2,1-4H3,(H,28,31)/t21-,22+,23-,27+/m0/s1. The molecule has 1 aromatic rings. The minimum absolute atomic E-state index is 0.0781. The van der Waals surface area contributed by atoms with Crippen molar-refractivity contribution in [2.45, 2.75) is 94.9 Å². The van der Waals surface area contributed by atoms with Gasteiger partial charge in [0.25, 0.3) is 0 Å². The SMILES string of the molecule is CN1CC[C@@]2(CCCN(C(=O)OC(C)(C)C)[C@H]2CO[C@H]2CC[C@@H](c3ccccc3)CC2)NC1=O. The molecule has 3 fully saturated rings. The Morgan fingerprint density at radius 1 is 1.09 bits per heavy atom. The second kappa shape index (κ2) is 10.1. The molecule has 1 aliphatic carbocycles. The summed E-state index contributed by atoms with van der Waals surface area (Å²) in [5.74, 6) is 0.591. The third-order valence-electron chi connectivity index (χ3n) is 7.69. The van der Waals surface area contributed by atoms with E-state index >= 15 is 0 Å². The van der Waals surface area contributed by atoms with E-state index in [0.717, 1.165) is 44.9 Å². The van der Waals surface area contributed by atoms with Crippen LogP contribution in [0.25, 0.3) is 0 Å². The maximum absolute atomic E-state index is 13.2. The third-order valence-corrected chi connectivity index (χ3v) is 7.69. The molecule has 2 heterocycles. The number of carbonyl (C=O) groups is 2. The van der Waals surface area contributed by atoms with Gasteiger partial charge in [-0.3, -0.25) is 0 Å². The molecule has 0 aromatic heterocycles. The molecule has 7 heteroatoms. The zero-order valence-electron chi connectivity index (χ0n) is 21.2. The van der Waals surface area contributed by atoms with E-state index in [2.05, 4.69) is 35.6 Å². The number of hydrogen-bond donors (Lipinski definition) is 1. The van der Waals surface area contributed by atoms with Gasteiger partial charge in [-0.25, -0.2) is 9.59 Å². The highest BCUT2D eigenvalue weighted by Crippen LogP contribution is 2.37. The van der Waals surface area contributed by atoms with Crippen molar-refractivity contribution >= 4 is 12.1 Å². The van der Waals surface area contributed by atoms with Crippen LogP contribution in [0.2, 0.25) is 0 Å². The molecule has 3 aliphatic rings. The fourth-order valence-corrected chi connectivity index (χ4v) is 5.77. The number of benzene rings is 1. The van der Waals surface area contributed by atoms with Crippen molar-refractivity contribution in [2.24, 2.45) is 0 Å². The van der Waals surface area contributed by atoms with Gasteiger partial charge in [-0.15, -0.1) is 0 Å². The minimum Gasteiger partial charge on any atom is -0.444 e. The Bertz CT molecular complexity index is 847. The molecule has 0 unspecified atom stereocenters. The lowest BCUT2D eigenvalue weighted by molar-refractivity contribution is -0.0641. The molecule has 7 nitrogen and oxygen atoms in total. The average molecular weight is 472 g/mol. The van der Waals surface area contributed by atoms with Gasteiger partial charge in [-0.2, -0.15) is 0 Å². The number of amides is 3. The Labute approximate surface area is 204 Å². The van der Waals surface area contributed by atoms with Crippen molar-refractivity contribution in [3.8, 4) is 0 Å². The van der Waals surface area contributed by atoms with E-state index in [4.69, 9.17) is 9.47 Å². The lowest BCUT2D eigenvalue weighted by atomic mass is 9.77. The Morgan fingerprint density at radius 3 is 2.44 bits per heavy atom. The van der Waals surface area contributed by atoms with E-state index in [-0.39, 0.29) is 24.3 Å². The fraction of sp³-hybridized carbons (Fsp3) is 0.704. The zero-order chi connectivity index (χ0) is 24.3. The van der Waals surface area contributed by atoms with Gasteiger partial charge in [0.15, 0.2) is 0 Å². The number of likely N-dealkylation sites (tertiary alicyclic amines) is 1. The second-order valence-corrected chi connectivity index (χ2v) is 11.3. The highest BCUT2D eigenvalue weighted by molar-refractivity contribution is 5.76. The van der Waals surface area contributed by atoms with Crippen molar-refractivity contribution in [3.63, 3.8) is 0 Å². The predicted octanol–water partition coefficient (Wildman–Crippen LogP) is 4.91. The van der Waals surface area contributed by atoms with Gasteiger partial charge in [0.1, 0.15) is 5.60 Å². The molecule has 1 saturated carbocycles. The van der Waals surface area contributed by atoms with Crippen molar-refractivity contribution < 1.29 is 19.1 Å². The lowest BCUT2D eigenvalue weighted by Crippen LogP contribution is -2.71. The summed E-state index contributed by atoms with van der Waals surface area (Å²) in [6, 6.07) is 10.4. The first-order valence-corrected chi connectivity index (χ1v) is 12.9. The summed E-state index contributed by atoms with van der Waals surface area (Å²) >= 11 is 0. The Morgan fingerprint density at radius 2 is 1.79 bits per heavy atom. The molecule has 0 radical (unpaired) electrons. The first-order valence-electron chi connectivity index (χ1n) is 12.9. The van der Waals surface area contributed by atoms with Crippen molar-refractivity contribution in [1.82, 2.24) is 15.1 Å². The first-order chi connectivity index (χ1) is 16.2. The van der Waals surface area contributed by atoms with Gasteiger partial charge < -0.3 is 24.6 Å². The lowest BCUT2D eigenvalue weighted by Gasteiger charge is -2.53. The van der Waals surface area contributed by atoms with E-state index in [1.807, 2.05) is 32.7 Å². The molecule has 3 amide bonds. The third kappa shape index (κ3) is 5.68. The Kier molecular flexibility index (Phi) is 7.41. The minimum atomic E-state index is -0.570. The summed E-state index contributed by atoms with van der Waals surface area (Å²) in [4.78, 5) is 29.3. The van der Waals surface area contributed by atoms with Crippen LogP contribution < -0.4 is 5.32 Å². The number of ether oxygens (including phenoxy) is 2. The molecule has 2 atom stereocenters. The van der Waals surface area contributed by atoms with Gasteiger partial charge >= 0.3 is 12.1 Å². The molecule has 1 aromatic carbocycles. The van der Waals surface area contributed by atoms with Crippen LogP contribution in [-0.4, -0.2) is 72.0 Å². The molecule has 1 N–H and O–H groups in total. The topological polar surface area (TPSA) is 71.1 Å². The smallest absolute Gasteiger partial charge is 0.410 e. The molecular formula is C27H41N3O4. The molecule has 4 rings (SSSR count). The van der Waals surface area contributed by atoms with Crippen LogP contribution in [0.3, 0.4) is 0 Å². The van der Waals surface area contributed by atoms with E-state index in [1.165, 1.54) is 5.56 Å².